The zero-order valence-corrected chi connectivity index (χ0v) is 17.9. The van der Waals surface area contributed by atoms with Crippen molar-refractivity contribution in [3.05, 3.63) is 66.4 Å². The van der Waals surface area contributed by atoms with Crippen LogP contribution in [-0.2, 0) is 7.05 Å². The lowest BCUT2D eigenvalue weighted by molar-refractivity contribution is 0.100. The summed E-state index contributed by atoms with van der Waals surface area (Å²) in [5.41, 5.74) is 7.39. The second kappa shape index (κ2) is 8.42. The van der Waals surface area contributed by atoms with Gasteiger partial charge in [-0.2, -0.15) is 0 Å². The molecule has 162 valence electrons. The lowest BCUT2D eigenvalue weighted by atomic mass is 9.96. The number of nitrogens with two attached hydrogens (primary N) is 1. The number of aryl methyl sites for hydroxylation is 1. The molecular formula is C22H22N8O2. The molecule has 10 nitrogen and oxygen atoms in total. The lowest BCUT2D eigenvalue weighted by Crippen LogP contribution is -2.18. The number of hydrogen-bond donors (Lipinski definition) is 2. The van der Waals surface area contributed by atoms with Crippen molar-refractivity contribution in [2.75, 3.05) is 5.32 Å². The maximum atomic E-state index is 13.1. The highest BCUT2D eigenvalue weighted by Crippen LogP contribution is 2.29. The molecule has 10 heteroatoms. The topological polar surface area (TPSA) is 134 Å². The maximum Gasteiger partial charge on any atom is 0.257 e. The van der Waals surface area contributed by atoms with E-state index in [2.05, 4.69) is 20.5 Å². The summed E-state index contributed by atoms with van der Waals surface area (Å²) in [7, 11) is 1.80. The molecule has 0 radical (unpaired) electrons. The van der Waals surface area contributed by atoms with Crippen LogP contribution in [0.1, 0.15) is 40.6 Å². The van der Waals surface area contributed by atoms with Gasteiger partial charge in [0.25, 0.3) is 5.91 Å². The normalized spacial score (nSPS) is 11.0. The quantitative estimate of drug-likeness (QED) is 0.483. The van der Waals surface area contributed by atoms with Gasteiger partial charge in [0.1, 0.15) is 12.0 Å². The number of benzene rings is 1. The van der Waals surface area contributed by atoms with E-state index in [0.717, 1.165) is 0 Å². The van der Waals surface area contributed by atoms with Gasteiger partial charge in [-0.15, -0.1) is 10.2 Å². The molecule has 1 aromatic carbocycles. The average molecular weight is 430 g/mol. The number of amides is 2. The van der Waals surface area contributed by atoms with Crippen molar-refractivity contribution in [1.29, 1.82) is 0 Å². The summed E-state index contributed by atoms with van der Waals surface area (Å²) < 4.78 is 3.60. The van der Waals surface area contributed by atoms with E-state index in [1.165, 1.54) is 0 Å². The number of hydrogen-bond acceptors (Lipinski definition) is 6. The van der Waals surface area contributed by atoms with E-state index in [0.29, 0.717) is 28.6 Å². The Morgan fingerprint density at radius 1 is 1.03 bits per heavy atom. The Morgan fingerprint density at radius 3 is 2.44 bits per heavy atom. The van der Waals surface area contributed by atoms with Gasteiger partial charge < -0.3 is 20.2 Å². The molecule has 0 atom stereocenters. The van der Waals surface area contributed by atoms with Crippen molar-refractivity contribution in [3.63, 3.8) is 0 Å². The second-order valence-electron chi connectivity index (χ2n) is 7.53. The van der Waals surface area contributed by atoms with E-state index in [-0.39, 0.29) is 17.2 Å². The highest BCUT2D eigenvalue weighted by molar-refractivity contribution is 6.12. The van der Waals surface area contributed by atoms with E-state index in [4.69, 9.17) is 10.7 Å². The number of carbonyl (C=O) groups excluding carboxylic acids is 2. The van der Waals surface area contributed by atoms with Crippen LogP contribution in [0.5, 0.6) is 0 Å². The monoisotopic (exact) mass is 430 g/mol. The third kappa shape index (κ3) is 3.97. The summed E-state index contributed by atoms with van der Waals surface area (Å²) >= 11 is 0. The van der Waals surface area contributed by atoms with Crippen molar-refractivity contribution < 1.29 is 9.59 Å². The number of pyridine rings is 1. The molecule has 0 saturated carbocycles. The molecule has 0 spiro atoms. The number of anilines is 1. The van der Waals surface area contributed by atoms with E-state index >= 15 is 0 Å². The number of nitrogens with one attached hydrogen (secondary N) is 1. The minimum Gasteiger partial charge on any atom is -0.366 e. The Hall–Kier alpha value is -4.34. The van der Waals surface area contributed by atoms with Gasteiger partial charge in [-0.25, -0.2) is 9.97 Å². The first-order valence-electron chi connectivity index (χ1n) is 9.94. The smallest absolute Gasteiger partial charge is 0.257 e. The molecule has 0 fully saturated rings. The molecule has 32 heavy (non-hydrogen) atoms. The van der Waals surface area contributed by atoms with Crippen LogP contribution in [0, 0.1) is 0 Å². The summed E-state index contributed by atoms with van der Waals surface area (Å²) in [5, 5.41) is 10.9. The minimum absolute atomic E-state index is 0.128. The first-order chi connectivity index (χ1) is 15.3. The molecule has 4 rings (SSSR count). The number of imidazole rings is 1. The summed E-state index contributed by atoms with van der Waals surface area (Å²) in [4.78, 5) is 34.1. The molecule has 0 unspecified atom stereocenters. The number of carbonyl (C=O) groups is 2. The molecule has 3 heterocycles. The fourth-order valence-electron chi connectivity index (χ4n) is 3.39. The van der Waals surface area contributed by atoms with Gasteiger partial charge in [-0.1, -0.05) is 12.1 Å². The fourth-order valence-corrected chi connectivity index (χ4v) is 3.39. The molecular weight excluding hydrogens is 408 g/mol. The van der Waals surface area contributed by atoms with Crippen LogP contribution in [-0.4, -0.2) is 41.1 Å². The first kappa shape index (κ1) is 20.9. The van der Waals surface area contributed by atoms with Crippen LogP contribution in [0.2, 0.25) is 0 Å². The predicted octanol–water partition coefficient (Wildman–Crippen LogP) is 2.67. The summed E-state index contributed by atoms with van der Waals surface area (Å²) in [6.07, 6.45) is 4.89. The molecule has 2 amide bonds. The van der Waals surface area contributed by atoms with Crippen molar-refractivity contribution in [2.24, 2.45) is 12.8 Å². The van der Waals surface area contributed by atoms with Gasteiger partial charge in [0, 0.05) is 36.0 Å². The second-order valence-corrected chi connectivity index (χ2v) is 7.53. The Labute approximate surface area is 184 Å². The van der Waals surface area contributed by atoms with Crippen molar-refractivity contribution in [1.82, 2.24) is 29.3 Å². The van der Waals surface area contributed by atoms with Gasteiger partial charge >= 0.3 is 0 Å². The SMILES string of the molecule is CC(C)n1cnnc1-c1cccc(-c2c(C(N)=O)cccc2C(=O)Nc2cn(C)cn2)n1. The number of rotatable bonds is 6. The zero-order valence-electron chi connectivity index (χ0n) is 17.9. The third-order valence-electron chi connectivity index (χ3n) is 4.88. The molecule has 3 N–H and O–H groups in total. The predicted molar refractivity (Wildman–Crippen MR) is 119 cm³/mol. The number of primary amides is 1. The van der Waals surface area contributed by atoms with Crippen molar-refractivity contribution in [3.8, 4) is 22.8 Å². The van der Waals surface area contributed by atoms with Crippen molar-refractivity contribution in [2.45, 2.75) is 19.9 Å². The van der Waals surface area contributed by atoms with E-state index in [1.807, 2.05) is 18.4 Å². The van der Waals surface area contributed by atoms with E-state index in [9.17, 15) is 9.59 Å². The number of aromatic nitrogens is 6. The van der Waals surface area contributed by atoms with Crippen LogP contribution in [0.25, 0.3) is 22.8 Å². The van der Waals surface area contributed by atoms with Crippen LogP contribution in [0.4, 0.5) is 5.82 Å². The molecule has 0 aliphatic heterocycles. The Kier molecular flexibility index (Phi) is 5.50. The standard InChI is InChI=1S/C22H22N8O2/c1-13(2)30-12-25-28-21(30)17-9-5-8-16(26-17)19-14(20(23)31)6-4-7-15(19)22(32)27-18-10-29(3)11-24-18/h4-13H,1-3H3,(H2,23,31)(H,27,32). The van der Waals surface area contributed by atoms with Gasteiger partial charge in [-0.3, -0.25) is 9.59 Å². The minimum atomic E-state index is -0.662. The summed E-state index contributed by atoms with van der Waals surface area (Å²) in [5.74, 6) is -0.123. The fraction of sp³-hybridized carbons (Fsp3) is 0.182. The Balaban J connectivity index is 1.83. The first-order valence-corrected chi connectivity index (χ1v) is 9.94. The van der Waals surface area contributed by atoms with Crippen LogP contribution in [0.3, 0.4) is 0 Å². The van der Waals surface area contributed by atoms with E-state index < -0.39 is 11.8 Å². The van der Waals surface area contributed by atoms with Gasteiger partial charge in [0.2, 0.25) is 5.91 Å². The van der Waals surface area contributed by atoms with Gasteiger partial charge in [0.15, 0.2) is 11.6 Å². The molecule has 3 aromatic heterocycles. The van der Waals surface area contributed by atoms with Crippen LogP contribution >= 0.6 is 0 Å². The molecule has 0 saturated heterocycles. The van der Waals surface area contributed by atoms with Gasteiger partial charge in [-0.05, 0) is 38.1 Å². The molecule has 4 aromatic rings. The third-order valence-corrected chi connectivity index (χ3v) is 4.88. The van der Waals surface area contributed by atoms with Crippen LogP contribution < -0.4 is 11.1 Å². The zero-order chi connectivity index (χ0) is 22.8. The van der Waals surface area contributed by atoms with Crippen LogP contribution in [0.15, 0.2) is 55.2 Å². The Morgan fingerprint density at radius 2 is 1.75 bits per heavy atom. The van der Waals surface area contributed by atoms with E-state index in [1.54, 1.807) is 66.9 Å². The lowest BCUT2D eigenvalue weighted by Gasteiger charge is -2.14. The highest BCUT2D eigenvalue weighted by atomic mass is 16.2. The summed E-state index contributed by atoms with van der Waals surface area (Å²) in [6, 6.07) is 10.2. The largest absolute Gasteiger partial charge is 0.366 e. The van der Waals surface area contributed by atoms with Gasteiger partial charge in [0.05, 0.1) is 12.0 Å². The molecule has 0 aliphatic rings. The number of nitrogens with zero attached hydrogens (tertiary/aromatic N) is 6. The Bertz CT molecular complexity index is 1300. The highest BCUT2D eigenvalue weighted by Gasteiger charge is 2.22. The molecule has 0 aliphatic carbocycles. The van der Waals surface area contributed by atoms with Crippen molar-refractivity contribution >= 4 is 17.6 Å². The molecule has 0 bridgehead atoms. The summed E-state index contributed by atoms with van der Waals surface area (Å²) in [6.45, 7) is 4.03. The maximum absolute atomic E-state index is 13.1. The average Bonchev–Trinajstić information content (AvgIpc) is 3.42.